The average molecular weight is 481 g/mol. The minimum absolute atomic E-state index is 0.102. The first-order valence-corrected chi connectivity index (χ1v) is 10.7. The first-order chi connectivity index (χ1) is 14.9. The zero-order chi connectivity index (χ0) is 22.0. The summed E-state index contributed by atoms with van der Waals surface area (Å²) < 4.78 is 2.80. The second kappa shape index (κ2) is 8.85. The number of hydrazone groups is 1. The summed E-state index contributed by atoms with van der Waals surface area (Å²) in [6, 6.07) is 17.2. The van der Waals surface area contributed by atoms with Gasteiger partial charge in [0.25, 0.3) is 0 Å². The first-order valence-electron chi connectivity index (χ1n) is 9.91. The second-order valence-corrected chi connectivity index (χ2v) is 8.25. The quantitative estimate of drug-likeness (QED) is 0.562. The van der Waals surface area contributed by atoms with Crippen LogP contribution in [0, 0.1) is 6.92 Å². The van der Waals surface area contributed by atoms with Gasteiger partial charge in [0.05, 0.1) is 30.1 Å². The Balaban J connectivity index is 1.68. The molecular weight excluding hydrogens is 460 g/mol. The molecule has 7 nitrogen and oxygen atoms in total. The monoisotopic (exact) mass is 480 g/mol. The number of carboxylic acids is 1. The van der Waals surface area contributed by atoms with Gasteiger partial charge < -0.3 is 5.11 Å². The Morgan fingerprint density at radius 1 is 1.10 bits per heavy atom. The van der Waals surface area contributed by atoms with E-state index in [1.54, 1.807) is 6.20 Å². The van der Waals surface area contributed by atoms with Gasteiger partial charge in [-0.25, -0.2) is 9.69 Å². The maximum Gasteiger partial charge on any atom is 0.303 e. The number of aliphatic carboxylic acids is 1. The van der Waals surface area contributed by atoms with Crippen molar-refractivity contribution in [3.63, 3.8) is 0 Å². The van der Waals surface area contributed by atoms with Gasteiger partial charge in [-0.05, 0) is 36.8 Å². The fraction of sp³-hybridized carbons (Fsp3) is 0.217. The smallest absolute Gasteiger partial charge is 0.303 e. The van der Waals surface area contributed by atoms with Crippen molar-refractivity contribution < 1.29 is 14.7 Å². The van der Waals surface area contributed by atoms with Crippen LogP contribution in [0.3, 0.4) is 0 Å². The van der Waals surface area contributed by atoms with Crippen molar-refractivity contribution >= 4 is 33.5 Å². The zero-order valence-corrected chi connectivity index (χ0v) is 18.5. The lowest BCUT2D eigenvalue weighted by Gasteiger charge is -2.21. The van der Waals surface area contributed by atoms with Crippen LogP contribution in [0.1, 0.15) is 42.1 Å². The summed E-state index contributed by atoms with van der Waals surface area (Å²) in [6.07, 6.45) is 1.97. The Morgan fingerprint density at radius 3 is 2.48 bits per heavy atom. The van der Waals surface area contributed by atoms with Crippen LogP contribution in [0.2, 0.25) is 0 Å². The van der Waals surface area contributed by atoms with E-state index in [0.29, 0.717) is 6.42 Å². The Hall–Kier alpha value is -3.26. The van der Waals surface area contributed by atoms with Crippen LogP contribution in [0.25, 0.3) is 5.69 Å². The summed E-state index contributed by atoms with van der Waals surface area (Å²) in [5.74, 6) is -1.32. The first kappa shape index (κ1) is 21.0. The van der Waals surface area contributed by atoms with Gasteiger partial charge in [-0.15, -0.1) is 0 Å². The number of carbonyl (C=O) groups excluding carboxylic acids is 1. The molecule has 1 aliphatic heterocycles. The molecule has 3 aromatic rings. The molecule has 158 valence electrons. The average Bonchev–Trinajstić information content (AvgIpc) is 3.37. The predicted octanol–water partition coefficient (Wildman–Crippen LogP) is 4.49. The van der Waals surface area contributed by atoms with Crippen molar-refractivity contribution in [1.82, 2.24) is 14.8 Å². The Kier molecular flexibility index (Phi) is 5.99. The number of carboxylic acid groups (broad SMARTS) is 1. The van der Waals surface area contributed by atoms with E-state index < -0.39 is 5.97 Å². The van der Waals surface area contributed by atoms with Gasteiger partial charge in [0.1, 0.15) is 0 Å². The summed E-state index contributed by atoms with van der Waals surface area (Å²) in [4.78, 5) is 23.9. The minimum atomic E-state index is -1.01. The highest BCUT2D eigenvalue weighted by atomic mass is 79.9. The zero-order valence-electron chi connectivity index (χ0n) is 16.9. The van der Waals surface area contributed by atoms with E-state index in [4.69, 9.17) is 5.11 Å². The fourth-order valence-corrected chi connectivity index (χ4v) is 3.97. The number of amides is 1. The van der Waals surface area contributed by atoms with E-state index >= 15 is 0 Å². The van der Waals surface area contributed by atoms with Gasteiger partial charge in [-0.3, -0.25) is 9.59 Å². The van der Waals surface area contributed by atoms with Gasteiger partial charge in [-0.2, -0.15) is 10.2 Å². The van der Waals surface area contributed by atoms with E-state index in [2.05, 4.69) is 26.1 Å². The van der Waals surface area contributed by atoms with Crippen LogP contribution in [-0.2, 0) is 9.59 Å². The summed E-state index contributed by atoms with van der Waals surface area (Å²) in [5, 5.41) is 19.6. The molecule has 0 unspecified atom stereocenters. The molecule has 1 aliphatic rings. The van der Waals surface area contributed by atoms with Crippen molar-refractivity contribution in [3.05, 3.63) is 82.1 Å². The van der Waals surface area contributed by atoms with Crippen LogP contribution in [0.4, 0.5) is 0 Å². The molecule has 0 spiro atoms. The maximum atomic E-state index is 12.9. The number of carbonyl (C=O) groups is 2. The lowest BCUT2D eigenvalue weighted by atomic mass is 9.98. The number of para-hydroxylation sites is 1. The molecule has 0 bridgehead atoms. The number of benzene rings is 2. The summed E-state index contributed by atoms with van der Waals surface area (Å²) >= 11 is 3.44. The van der Waals surface area contributed by atoms with Gasteiger partial charge in [0, 0.05) is 28.6 Å². The van der Waals surface area contributed by atoms with Crippen molar-refractivity contribution in [1.29, 1.82) is 0 Å². The third kappa shape index (κ3) is 4.44. The third-order valence-corrected chi connectivity index (χ3v) is 5.83. The molecule has 0 radical (unpaired) electrons. The highest BCUT2D eigenvalue weighted by molar-refractivity contribution is 9.10. The lowest BCUT2D eigenvalue weighted by molar-refractivity contribution is -0.141. The normalized spacial score (nSPS) is 15.7. The predicted molar refractivity (Wildman–Crippen MR) is 120 cm³/mol. The molecule has 0 aliphatic carbocycles. The molecule has 8 heteroatoms. The van der Waals surface area contributed by atoms with E-state index in [-0.39, 0.29) is 24.8 Å². The fourth-order valence-electron chi connectivity index (χ4n) is 3.71. The van der Waals surface area contributed by atoms with Crippen molar-refractivity contribution in [3.8, 4) is 5.69 Å². The summed E-state index contributed by atoms with van der Waals surface area (Å²) in [6.45, 7) is 1.97. The number of halogens is 1. The van der Waals surface area contributed by atoms with Gasteiger partial charge >= 0.3 is 5.97 Å². The van der Waals surface area contributed by atoms with Crippen molar-refractivity contribution in [2.45, 2.75) is 32.2 Å². The molecule has 4 rings (SSSR count). The molecule has 31 heavy (non-hydrogen) atoms. The van der Waals surface area contributed by atoms with Crippen molar-refractivity contribution in [2.75, 3.05) is 0 Å². The Labute approximate surface area is 188 Å². The van der Waals surface area contributed by atoms with Crippen LogP contribution in [0.5, 0.6) is 0 Å². The standard InChI is InChI=1S/C23H21BrN4O3/c1-15-19(14-25-27(15)18-5-3-2-4-6-18)21-13-20(16-7-9-17(24)10-8-16)26-28(21)22(29)11-12-23(30)31/h2-10,14,21H,11-13H2,1H3,(H,30,31)/t21-/m1/s1. The molecule has 0 saturated heterocycles. The second-order valence-electron chi connectivity index (χ2n) is 7.34. The van der Waals surface area contributed by atoms with Crippen LogP contribution >= 0.6 is 15.9 Å². The Morgan fingerprint density at radius 2 is 1.81 bits per heavy atom. The molecule has 2 aromatic carbocycles. The van der Waals surface area contributed by atoms with Crippen LogP contribution in [0.15, 0.2) is 70.4 Å². The minimum Gasteiger partial charge on any atom is -0.481 e. The molecule has 1 aromatic heterocycles. The highest BCUT2D eigenvalue weighted by Crippen LogP contribution is 2.35. The van der Waals surface area contributed by atoms with Crippen molar-refractivity contribution in [2.24, 2.45) is 5.10 Å². The maximum absolute atomic E-state index is 12.9. The molecule has 0 saturated carbocycles. The third-order valence-electron chi connectivity index (χ3n) is 5.30. The molecule has 0 fully saturated rings. The van der Waals surface area contributed by atoms with Gasteiger partial charge in [0.2, 0.25) is 5.91 Å². The lowest BCUT2D eigenvalue weighted by Crippen LogP contribution is -2.27. The topological polar surface area (TPSA) is 87.8 Å². The van der Waals surface area contributed by atoms with Gasteiger partial charge in [-0.1, -0.05) is 46.3 Å². The summed E-state index contributed by atoms with van der Waals surface area (Å²) in [7, 11) is 0. The SMILES string of the molecule is Cc1c([C@H]2CC(c3ccc(Br)cc3)=NN2C(=O)CCC(=O)O)cnn1-c1ccccc1. The van der Waals surface area contributed by atoms with E-state index in [1.807, 2.05) is 66.2 Å². The molecule has 1 amide bonds. The number of hydrogen-bond acceptors (Lipinski definition) is 4. The molecule has 1 atom stereocenters. The number of rotatable bonds is 6. The molecule has 1 N–H and O–H groups in total. The van der Waals surface area contributed by atoms with E-state index in [9.17, 15) is 9.59 Å². The highest BCUT2D eigenvalue weighted by Gasteiger charge is 2.35. The van der Waals surface area contributed by atoms with E-state index in [0.717, 1.165) is 32.7 Å². The largest absolute Gasteiger partial charge is 0.481 e. The number of hydrogen-bond donors (Lipinski definition) is 1. The summed E-state index contributed by atoms with van der Waals surface area (Å²) in [5.41, 5.74) is 4.45. The number of nitrogens with zero attached hydrogens (tertiary/aromatic N) is 4. The van der Waals surface area contributed by atoms with Crippen LogP contribution in [-0.4, -0.2) is 37.5 Å². The van der Waals surface area contributed by atoms with E-state index in [1.165, 1.54) is 5.01 Å². The number of aromatic nitrogens is 2. The Bertz CT molecular complexity index is 1140. The molecule has 2 heterocycles. The van der Waals surface area contributed by atoms with Crippen LogP contribution < -0.4 is 0 Å². The molecular formula is C23H21BrN4O3. The van der Waals surface area contributed by atoms with Gasteiger partial charge in [0.15, 0.2) is 0 Å².